The van der Waals surface area contributed by atoms with Crippen LogP contribution in [0.3, 0.4) is 0 Å². The molecule has 5 nitrogen and oxygen atoms in total. The fourth-order valence-corrected chi connectivity index (χ4v) is 2.46. The molecule has 1 unspecified atom stereocenters. The molecule has 1 fully saturated rings. The third-order valence-electron chi connectivity index (χ3n) is 4.32. The van der Waals surface area contributed by atoms with Crippen molar-refractivity contribution in [1.29, 1.82) is 0 Å². The van der Waals surface area contributed by atoms with E-state index in [1.54, 1.807) is 11.8 Å². The molecular weight excluding hydrogens is 268 g/mol. The van der Waals surface area contributed by atoms with Crippen molar-refractivity contribution >= 4 is 17.7 Å². The second-order valence-electron chi connectivity index (χ2n) is 6.40. The molecule has 21 heavy (non-hydrogen) atoms. The minimum atomic E-state index is -0.692. The van der Waals surface area contributed by atoms with Gasteiger partial charge in [-0.2, -0.15) is 0 Å². The predicted molar refractivity (Wildman–Crippen MR) is 81.4 cm³/mol. The van der Waals surface area contributed by atoms with Gasteiger partial charge in [0.2, 0.25) is 17.7 Å². The lowest BCUT2D eigenvalue weighted by atomic mass is 9.78. The van der Waals surface area contributed by atoms with Gasteiger partial charge in [0.15, 0.2) is 0 Å². The lowest BCUT2D eigenvalue weighted by Gasteiger charge is -2.27. The highest BCUT2D eigenvalue weighted by Gasteiger charge is 2.50. The Balaban J connectivity index is 2.83. The number of likely N-dealkylation sites (tertiary alicyclic amines) is 1. The average Bonchev–Trinajstić information content (AvgIpc) is 2.60. The number of amides is 3. The van der Waals surface area contributed by atoms with Gasteiger partial charge in [0, 0.05) is 19.5 Å². The molecule has 0 N–H and O–H groups in total. The maximum absolute atomic E-state index is 12.5. The van der Waals surface area contributed by atoms with Crippen molar-refractivity contribution in [2.24, 2.45) is 11.3 Å². The Kier molecular flexibility index (Phi) is 5.31. The molecule has 1 aliphatic heterocycles. The Morgan fingerprint density at radius 1 is 1.43 bits per heavy atom. The monoisotopic (exact) mass is 294 g/mol. The van der Waals surface area contributed by atoms with Crippen LogP contribution in [0.4, 0.5) is 0 Å². The van der Waals surface area contributed by atoms with Crippen molar-refractivity contribution in [3.8, 4) is 0 Å². The van der Waals surface area contributed by atoms with Gasteiger partial charge < -0.3 is 4.90 Å². The molecule has 1 heterocycles. The summed E-state index contributed by atoms with van der Waals surface area (Å²) >= 11 is 0. The van der Waals surface area contributed by atoms with Crippen LogP contribution in [0.5, 0.6) is 0 Å². The lowest BCUT2D eigenvalue weighted by molar-refractivity contribution is -0.147. The smallest absolute Gasteiger partial charge is 0.243 e. The van der Waals surface area contributed by atoms with E-state index >= 15 is 0 Å². The Labute approximate surface area is 127 Å². The minimum Gasteiger partial charge on any atom is -0.337 e. The number of hydrogen-bond donors (Lipinski definition) is 0. The summed E-state index contributed by atoms with van der Waals surface area (Å²) in [5, 5.41) is 0. The molecule has 0 aliphatic carbocycles. The highest BCUT2D eigenvalue weighted by molar-refractivity contribution is 6.07. The number of rotatable bonds is 6. The number of hydrogen-bond acceptors (Lipinski definition) is 3. The van der Waals surface area contributed by atoms with Crippen molar-refractivity contribution in [1.82, 2.24) is 9.80 Å². The average molecular weight is 294 g/mol. The zero-order valence-corrected chi connectivity index (χ0v) is 13.7. The molecule has 1 saturated heterocycles. The first kappa shape index (κ1) is 17.4. The van der Waals surface area contributed by atoms with Gasteiger partial charge in [0.1, 0.15) is 6.54 Å². The summed E-state index contributed by atoms with van der Waals surface area (Å²) < 4.78 is 0. The molecule has 118 valence electrons. The summed E-state index contributed by atoms with van der Waals surface area (Å²) in [6.45, 7) is 14.0. The Morgan fingerprint density at radius 2 is 2.00 bits per heavy atom. The van der Waals surface area contributed by atoms with Gasteiger partial charge in [-0.3, -0.25) is 19.3 Å². The molecular formula is C16H26N2O3. The van der Waals surface area contributed by atoms with Crippen LogP contribution in [-0.4, -0.2) is 47.2 Å². The van der Waals surface area contributed by atoms with Crippen LogP contribution in [0.25, 0.3) is 0 Å². The van der Waals surface area contributed by atoms with E-state index in [2.05, 4.69) is 6.58 Å². The fourth-order valence-electron chi connectivity index (χ4n) is 2.46. The largest absolute Gasteiger partial charge is 0.337 e. The van der Waals surface area contributed by atoms with E-state index in [-0.39, 0.29) is 36.6 Å². The number of likely N-dealkylation sites (N-methyl/N-ethyl adjacent to an activating group) is 1. The first-order valence-electron chi connectivity index (χ1n) is 7.40. The topological polar surface area (TPSA) is 57.7 Å². The lowest BCUT2D eigenvalue weighted by Crippen LogP contribution is -2.45. The molecule has 5 heteroatoms. The normalized spacial score (nSPS) is 22.1. The van der Waals surface area contributed by atoms with Crippen LogP contribution in [-0.2, 0) is 14.4 Å². The number of carbonyl (C=O) groups excluding carboxylic acids is 3. The molecule has 0 aromatic rings. The quantitative estimate of drug-likeness (QED) is 0.555. The van der Waals surface area contributed by atoms with E-state index < -0.39 is 5.41 Å². The van der Waals surface area contributed by atoms with Crippen LogP contribution >= 0.6 is 0 Å². The van der Waals surface area contributed by atoms with E-state index in [9.17, 15) is 14.4 Å². The van der Waals surface area contributed by atoms with Gasteiger partial charge >= 0.3 is 0 Å². The fraction of sp³-hybridized carbons (Fsp3) is 0.688. The maximum Gasteiger partial charge on any atom is 0.243 e. The second kappa shape index (κ2) is 6.41. The van der Waals surface area contributed by atoms with Crippen molar-refractivity contribution in [3.63, 3.8) is 0 Å². The zero-order chi connectivity index (χ0) is 16.4. The molecule has 0 bridgehead atoms. The molecule has 0 radical (unpaired) electrons. The van der Waals surface area contributed by atoms with Gasteiger partial charge in [0.05, 0.1) is 5.41 Å². The Morgan fingerprint density at radius 3 is 2.38 bits per heavy atom. The van der Waals surface area contributed by atoms with Gasteiger partial charge in [-0.25, -0.2) is 0 Å². The molecule has 1 atom stereocenters. The van der Waals surface area contributed by atoms with Crippen LogP contribution in [0.15, 0.2) is 12.2 Å². The highest BCUT2D eigenvalue weighted by atomic mass is 16.2. The molecule has 1 rings (SSSR count). The van der Waals surface area contributed by atoms with Crippen LogP contribution in [0.2, 0.25) is 0 Å². The molecule has 0 spiro atoms. The van der Waals surface area contributed by atoms with E-state index in [1.807, 2.05) is 27.7 Å². The van der Waals surface area contributed by atoms with E-state index in [1.165, 1.54) is 0 Å². The van der Waals surface area contributed by atoms with E-state index in [0.717, 1.165) is 10.5 Å². The van der Waals surface area contributed by atoms with Crippen molar-refractivity contribution in [2.45, 2.75) is 41.0 Å². The molecule has 0 aromatic heterocycles. The number of carbonyl (C=O) groups is 3. The van der Waals surface area contributed by atoms with Crippen LogP contribution in [0.1, 0.15) is 41.0 Å². The molecule has 1 aliphatic rings. The third kappa shape index (κ3) is 3.52. The highest BCUT2D eigenvalue weighted by Crippen LogP contribution is 2.39. The first-order chi connectivity index (χ1) is 9.63. The number of nitrogens with zero attached hydrogens (tertiary/aromatic N) is 2. The molecule has 0 aromatic carbocycles. The van der Waals surface area contributed by atoms with Crippen LogP contribution < -0.4 is 0 Å². The van der Waals surface area contributed by atoms with Crippen LogP contribution in [0, 0.1) is 11.3 Å². The summed E-state index contributed by atoms with van der Waals surface area (Å²) in [5.41, 5.74) is 0.180. The second-order valence-corrected chi connectivity index (χ2v) is 6.40. The summed E-state index contributed by atoms with van der Waals surface area (Å²) in [6.07, 6.45) is 0.184. The molecule has 0 saturated carbocycles. The van der Waals surface area contributed by atoms with Gasteiger partial charge in [-0.1, -0.05) is 26.0 Å². The van der Waals surface area contributed by atoms with Crippen molar-refractivity contribution < 1.29 is 14.4 Å². The maximum atomic E-state index is 12.5. The minimum absolute atomic E-state index is 0.0618. The summed E-state index contributed by atoms with van der Waals surface area (Å²) in [6, 6.07) is 0. The SMILES string of the molecule is C=C(C)CN(CC)C(=O)CN1C(=O)CC(C)(C(C)C)C1=O. The van der Waals surface area contributed by atoms with E-state index in [0.29, 0.717) is 13.1 Å². The third-order valence-corrected chi connectivity index (χ3v) is 4.32. The zero-order valence-electron chi connectivity index (χ0n) is 13.7. The predicted octanol–water partition coefficient (Wildman–Crippen LogP) is 1.83. The molecule has 3 amide bonds. The summed E-state index contributed by atoms with van der Waals surface area (Å²) in [5.74, 6) is -0.639. The van der Waals surface area contributed by atoms with E-state index in [4.69, 9.17) is 0 Å². The van der Waals surface area contributed by atoms with Crippen molar-refractivity contribution in [2.75, 3.05) is 19.6 Å². The van der Waals surface area contributed by atoms with Gasteiger partial charge in [0.25, 0.3) is 0 Å². The first-order valence-corrected chi connectivity index (χ1v) is 7.40. The van der Waals surface area contributed by atoms with Crippen molar-refractivity contribution in [3.05, 3.63) is 12.2 Å². The van der Waals surface area contributed by atoms with Gasteiger partial charge in [-0.15, -0.1) is 0 Å². The Bertz CT molecular complexity index is 470. The Hall–Kier alpha value is -1.65. The number of imide groups is 1. The summed E-state index contributed by atoms with van der Waals surface area (Å²) in [4.78, 5) is 39.6. The van der Waals surface area contributed by atoms with Gasteiger partial charge in [-0.05, 0) is 26.7 Å². The standard InChI is InChI=1S/C16H26N2O3/c1-7-17(9-11(2)3)14(20)10-18-13(19)8-16(6,12(4)5)15(18)21/h12H,2,7-10H2,1,3-6H3. The summed E-state index contributed by atoms with van der Waals surface area (Å²) in [7, 11) is 0.